The summed E-state index contributed by atoms with van der Waals surface area (Å²) in [5, 5.41) is 12.2. The Kier molecular flexibility index (Phi) is 7.95. The van der Waals surface area contributed by atoms with Crippen LogP contribution in [0, 0.1) is 0 Å². The maximum atomic E-state index is 5.30. The number of aromatic nitrogens is 4. The smallest absolute Gasteiger partial charge is 0.0973 e. The Bertz CT molecular complexity index is 4270. The Morgan fingerprint density at radius 1 is 0.258 bits per heavy atom. The summed E-state index contributed by atoms with van der Waals surface area (Å²) in [7, 11) is 0. The molecule has 11 aromatic carbocycles. The molecule has 0 fully saturated rings. The number of hydrogen-bond donors (Lipinski definition) is 0. The van der Waals surface area contributed by atoms with Gasteiger partial charge in [-0.15, -0.1) is 0 Å². The van der Waals surface area contributed by atoms with Gasteiger partial charge in [0.25, 0.3) is 0 Å². The predicted octanol–water partition coefficient (Wildman–Crippen LogP) is 16.3. The van der Waals surface area contributed by atoms with Crippen molar-refractivity contribution in [2.45, 2.75) is 0 Å². The van der Waals surface area contributed by atoms with Crippen molar-refractivity contribution in [2.24, 2.45) is 0 Å². The molecule has 0 aliphatic rings. The van der Waals surface area contributed by atoms with E-state index in [1.54, 1.807) is 0 Å². The molecular formula is C62H38N4. The number of fused-ring (bicyclic) bond motifs is 11. The standard InChI is InChI=1S/C62H38N4/c1-2-12-39(13-3-1)40-22-25-43(26-23-40)61-62(64-55-20-10-9-19-54(55)63-61)46-27-24-41-28-30-48(35-47(41)34-46)66-57-33-31-49(38-53(57)52-36-44-15-4-5-16-45(44)37-59(52)66)65-56-21-11-8-18-51(56)60-50-17-7-6-14-42(50)29-32-58(60)65/h1-38H. The summed E-state index contributed by atoms with van der Waals surface area (Å²) in [6.07, 6.45) is 0. The fourth-order valence-electron chi connectivity index (χ4n) is 10.5. The van der Waals surface area contributed by atoms with Crippen LogP contribution >= 0.6 is 0 Å². The zero-order valence-corrected chi connectivity index (χ0v) is 35.7. The Balaban J connectivity index is 0.954. The Labute approximate surface area is 379 Å². The summed E-state index contributed by atoms with van der Waals surface area (Å²) < 4.78 is 4.89. The molecule has 0 aliphatic heterocycles. The lowest BCUT2D eigenvalue weighted by Gasteiger charge is -2.13. The molecule has 14 rings (SSSR count). The summed E-state index contributed by atoms with van der Waals surface area (Å²) in [6, 6.07) is 83.4. The van der Waals surface area contributed by atoms with Gasteiger partial charge in [0, 0.05) is 44.0 Å². The molecule has 0 bridgehead atoms. The number of hydrogen-bond acceptors (Lipinski definition) is 2. The third-order valence-electron chi connectivity index (χ3n) is 13.6. The molecule has 0 aliphatic carbocycles. The highest BCUT2D eigenvalue weighted by atomic mass is 15.0. The molecule has 4 heteroatoms. The van der Waals surface area contributed by atoms with Crippen molar-refractivity contribution in [1.82, 2.24) is 19.1 Å². The first-order chi connectivity index (χ1) is 32.7. The number of para-hydroxylation sites is 3. The maximum Gasteiger partial charge on any atom is 0.0973 e. The van der Waals surface area contributed by atoms with E-state index < -0.39 is 0 Å². The van der Waals surface area contributed by atoms with Crippen LogP contribution in [0.25, 0.3) is 132 Å². The number of nitrogens with zero attached hydrogens (tertiary/aromatic N) is 4. The molecule has 3 aromatic heterocycles. The average molecular weight is 839 g/mol. The SMILES string of the molecule is c1ccc(-c2ccc(-c3nc4ccccc4nc3-c3ccc4ccc(-n5c6ccc(-n7c8ccccc8c8c9ccccc9ccc87)cc6c6cc7ccccc7cc65)cc4c3)cc2)cc1. The Morgan fingerprint density at radius 2 is 0.788 bits per heavy atom. The van der Waals surface area contributed by atoms with Crippen LogP contribution in [0.15, 0.2) is 231 Å². The van der Waals surface area contributed by atoms with Crippen LogP contribution in [-0.4, -0.2) is 19.1 Å². The lowest BCUT2D eigenvalue weighted by Crippen LogP contribution is -1.97. The summed E-state index contributed by atoms with van der Waals surface area (Å²) in [4.78, 5) is 10.6. The molecule has 4 nitrogen and oxygen atoms in total. The predicted molar refractivity (Wildman–Crippen MR) is 277 cm³/mol. The van der Waals surface area contributed by atoms with E-state index in [1.165, 1.54) is 70.8 Å². The van der Waals surface area contributed by atoms with E-state index in [4.69, 9.17) is 9.97 Å². The zero-order chi connectivity index (χ0) is 43.3. The van der Waals surface area contributed by atoms with Crippen molar-refractivity contribution in [3.8, 4) is 45.0 Å². The van der Waals surface area contributed by atoms with Crippen LogP contribution in [0.4, 0.5) is 0 Å². The van der Waals surface area contributed by atoms with E-state index in [0.29, 0.717) is 0 Å². The van der Waals surface area contributed by atoms with Gasteiger partial charge in [-0.05, 0) is 116 Å². The largest absolute Gasteiger partial charge is 0.309 e. The third-order valence-corrected chi connectivity index (χ3v) is 13.6. The van der Waals surface area contributed by atoms with Crippen molar-refractivity contribution >= 4 is 87.0 Å². The molecular weight excluding hydrogens is 801 g/mol. The monoisotopic (exact) mass is 838 g/mol. The molecule has 0 amide bonds. The van der Waals surface area contributed by atoms with Gasteiger partial charge in [0.05, 0.1) is 44.5 Å². The molecule has 3 heterocycles. The van der Waals surface area contributed by atoms with Crippen LogP contribution in [0.1, 0.15) is 0 Å². The second-order valence-corrected chi connectivity index (χ2v) is 17.4. The number of benzene rings is 11. The van der Waals surface area contributed by atoms with Gasteiger partial charge in [0.15, 0.2) is 0 Å². The first-order valence-electron chi connectivity index (χ1n) is 22.6. The molecule has 0 unspecified atom stereocenters. The summed E-state index contributed by atoms with van der Waals surface area (Å²) >= 11 is 0. The molecule has 0 saturated heterocycles. The molecule has 14 aromatic rings. The van der Waals surface area contributed by atoms with Crippen LogP contribution < -0.4 is 0 Å². The van der Waals surface area contributed by atoms with Gasteiger partial charge in [0.1, 0.15) is 0 Å². The fraction of sp³-hybridized carbons (Fsp3) is 0. The molecule has 0 N–H and O–H groups in total. The van der Waals surface area contributed by atoms with Crippen molar-refractivity contribution < 1.29 is 0 Å². The van der Waals surface area contributed by atoms with Crippen molar-refractivity contribution in [3.63, 3.8) is 0 Å². The van der Waals surface area contributed by atoms with Crippen LogP contribution in [0.3, 0.4) is 0 Å². The molecule has 0 atom stereocenters. The molecule has 0 spiro atoms. The second-order valence-electron chi connectivity index (χ2n) is 17.4. The quantitative estimate of drug-likeness (QED) is 0.173. The van der Waals surface area contributed by atoms with Crippen LogP contribution in [0.2, 0.25) is 0 Å². The summed E-state index contributed by atoms with van der Waals surface area (Å²) in [5.74, 6) is 0. The lowest BCUT2D eigenvalue weighted by molar-refractivity contribution is 1.17. The van der Waals surface area contributed by atoms with E-state index in [1.807, 2.05) is 24.3 Å². The van der Waals surface area contributed by atoms with E-state index in [-0.39, 0.29) is 0 Å². The maximum absolute atomic E-state index is 5.30. The lowest BCUT2D eigenvalue weighted by atomic mass is 9.98. The highest BCUT2D eigenvalue weighted by molar-refractivity contribution is 6.22. The first kappa shape index (κ1) is 36.6. The highest BCUT2D eigenvalue weighted by Gasteiger charge is 2.20. The van der Waals surface area contributed by atoms with Crippen molar-refractivity contribution in [3.05, 3.63) is 231 Å². The summed E-state index contributed by atoms with van der Waals surface area (Å²) in [6.45, 7) is 0. The minimum atomic E-state index is 0.863. The molecule has 66 heavy (non-hydrogen) atoms. The van der Waals surface area contributed by atoms with Gasteiger partial charge in [-0.3, -0.25) is 0 Å². The van der Waals surface area contributed by atoms with Gasteiger partial charge in [-0.25, -0.2) is 9.97 Å². The van der Waals surface area contributed by atoms with Gasteiger partial charge >= 0.3 is 0 Å². The number of rotatable bonds is 5. The van der Waals surface area contributed by atoms with Crippen molar-refractivity contribution in [2.75, 3.05) is 0 Å². The Hall–Kier alpha value is -8.86. The van der Waals surface area contributed by atoms with E-state index in [2.05, 4.69) is 215 Å². The topological polar surface area (TPSA) is 35.6 Å². The molecule has 0 saturated carbocycles. The van der Waals surface area contributed by atoms with Gasteiger partial charge in [-0.2, -0.15) is 0 Å². The minimum absolute atomic E-state index is 0.863. The van der Waals surface area contributed by atoms with Crippen LogP contribution in [0.5, 0.6) is 0 Å². The molecule has 0 radical (unpaired) electrons. The normalized spacial score (nSPS) is 11.9. The van der Waals surface area contributed by atoms with Crippen LogP contribution in [-0.2, 0) is 0 Å². The molecule has 306 valence electrons. The highest BCUT2D eigenvalue weighted by Crippen LogP contribution is 2.41. The second kappa shape index (κ2) is 14.3. The van der Waals surface area contributed by atoms with Crippen molar-refractivity contribution in [1.29, 1.82) is 0 Å². The van der Waals surface area contributed by atoms with Gasteiger partial charge in [0.2, 0.25) is 0 Å². The van der Waals surface area contributed by atoms with E-state index in [0.717, 1.165) is 61.2 Å². The zero-order valence-electron chi connectivity index (χ0n) is 35.7. The van der Waals surface area contributed by atoms with E-state index in [9.17, 15) is 0 Å². The van der Waals surface area contributed by atoms with E-state index >= 15 is 0 Å². The summed E-state index contributed by atoms with van der Waals surface area (Å²) in [5.41, 5.74) is 14.9. The van der Waals surface area contributed by atoms with Gasteiger partial charge in [-0.1, -0.05) is 158 Å². The fourth-order valence-corrected chi connectivity index (χ4v) is 10.5. The first-order valence-corrected chi connectivity index (χ1v) is 22.6. The average Bonchev–Trinajstić information content (AvgIpc) is 3.89. The minimum Gasteiger partial charge on any atom is -0.309 e. The third kappa shape index (κ3) is 5.65. The van der Waals surface area contributed by atoms with Gasteiger partial charge < -0.3 is 9.13 Å². The Morgan fingerprint density at radius 3 is 1.61 bits per heavy atom.